The van der Waals surface area contributed by atoms with Gasteiger partial charge >= 0.3 is 0 Å². The third-order valence-corrected chi connectivity index (χ3v) is 6.20. The number of aliphatic hydroxyl groups is 1. The predicted octanol–water partition coefficient (Wildman–Crippen LogP) is 3.53. The first-order valence-electron chi connectivity index (χ1n) is 11.7. The van der Waals surface area contributed by atoms with E-state index in [2.05, 4.69) is 11.5 Å². The molecule has 184 valence electrons. The van der Waals surface area contributed by atoms with Crippen LogP contribution in [0.15, 0.2) is 66.8 Å². The van der Waals surface area contributed by atoms with Gasteiger partial charge < -0.3 is 19.5 Å². The summed E-state index contributed by atoms with van der Waals surface area (Å²) in [5.74, 6) is -1.54. The number of carbonyl (C=O) groups is 2. The zero-order valence-corrected chi connectivity index (χ0v) is 19.5. The standard InChI is InChI=1S/C27H29FN2O5/c1-2-16-35-22-10-6-20(7-11-22)25(31)23-24(19-4-8-21(28)9-5-19)30(27(33)26(23)32)13-3-12-29-14-17-34-18-15-29/h2,4-11,24,31H,1,3,12-18H2/b25-23-. The molecule has 8 heteroatoms. The van der Waals surface area contributed by atoms with Crippen LogP contribution in [0.4, 0.5) is 4.39 Å². The second-order valence-electron chi connectivity index (χ2n) is 8.48. The number of benzene rings is 2. The highest BCUT2D eigenvalue weighted by molar-refractivity contribution is 6.46. The number of hydrogen-bond acceptors (Lipinski definition) is 6. The molecule has 1 N–H and O–H groups in total. The number of amides is 1. The molecule has 2 aromatic carbocycles. The second kappa shape index (κ2) is 11.3. The molecule has 1 amide bonds. The summed E-state index contributed by atoms with van der Waals surface area (Å²) in [6, 6.07) is 11.4. The number of rotatable bonds is 9. The lowest BCUT2D eigenvalue weighted by molar-refractivity contribution is -0.140. The first kappa shape index (κ1) is 24.6. The quantitative estimate of drug-likeness (QED) is 0.256. The number of likely N-dealkylation sites (tertiary alicyclic amines) is 1. The summed E-state index contributed by atoms with van der Waals surface area (Å²) in [4.78, 5) is 29.9. The van der Waals surface area contributed by atoms with Crippen LogP contribution in [0.2, 0.25) is 0 Å². The number of halogens is 1. The minimum Gasteiger partial charge on any atom is -0.507 e. The van der Waals surface area contributed by atoms with Gasteiger partial charge in [-0.15, -0.1) is 0 Å². The molecule has 0 radical (unpaired) electrons. The van der Waals surface area contributed by atoms with E-state index in [0.29, 0.717) is 49.7 Å². The Labute approximate surface area is 204 Å². The van der Waals surface area contributed by atoms with Gasteiger partial charge in [-0.3, -0.25) is 14.5 Å². The number of ether oxygens (including phenoxy) is 2. The van der Waals surface area contributed by atoms with Gasteiger partial charge in [0, 0.05) is 31.7 Å². The molecular formula is C27H29FN2O5. The van der Waals surface area contributed by atoms with Crippen LogP contribution < -0.4 is 4.74 Å². The van der Waals surface area contributed by atoms with Crippen molar-refractivity contribution in [3.63, 3.8) is 0 Å². The van der Waals surface area contributed by atoms with Gasteiger partial charge in [-0.1, -0.05) is 24.8 Å². The number of hydrogen-bond donors (Lipinski definition) is 1. The summed E-state index contributed by atoms with van der Waals surface area (Å²) in [5, 5.41) is 11.1. The van der Waals surface area contributed by atoms with Crippen LogP contribution >= 0.6 is 0 Å². The van der Waals surface area contributed by atoms with E-state index in [0.717, 1.165) is 19.6 Å². The van der Waals surface area contributed by atoms with Crippen molar-refractivity contribution in [2.45, 2.75) is 12.5 Å². The Kier molecular flexibility index (Phi) is 7.94. The van der Waals surface area contributed by atoms with Gasteiger partial charge in [0.05, 0.1) is 24.8 Å². The van der Waals surface area contributed by atoms with Crippen molar-refractivity contribution in [2.24, 2.45) is 0 Å². The van der Waals surface area contributed by atoms with E-state index in [4.69, 9.17) is 9.47 Å². The van der Waals surface area contributed by atoms with Crippen LogP contribution in [0.5, 0.6) is 5.75 Å². The minimum absolute atomic E-state index is 0.00672. The fraction of sp³-hybridized carbons (Fsp3) is 0.333. The zero-order valence-electron chi connectivity index (χ0n) is 19.5. The molecule has 0 bridgehead atoms. The number of carbonyl (C=O) groups excluding carboxylic acids is 2. The fourth-order valence-corrected chi connectivity index (χ4v) is 4.41. The molecule has 0 aliphatic carbocycles. The molecule has 0 saturated carbocycles. The zero-order chi connectivity index (χ0) is 24.8. The Bertz CT molecular complexity index is 1090. The Morgan fingerprint density at radius 3 is 2.43 bits per heavy atom. The van der Waals surface area contributed by atoms with E-state index in [-0.39, 0.29) is 11.3 Å². The number of ketones is 1. The van der Waals surface area contributed by atoms with Gasteiger partial charge in [0.25, 0.3) is 11.7 Å². The van der Waals surface area contributed by atoms with Crippen molar-refractivity contribution in [3.05, 3.63) is 83.7 Å². The highest BCUT2D eigenvalue weighted by atomic mass is 19.1. The molecule has 2 fully saturated rings. The summed E-state index contributed by atoms with van der Waals surface area (Å²) in [6.07, 6.45) is 2.28. The van der Waals surface area contributed by atoms with E-state index in [9.17, 15) is 19.1 Å². The molecule has 0 spiro atoms. The van der Waals surface area contributed by atoms with Crippen LogP contribution in [-0.4, -0.2) is 72.6 Å². The SMILES string of the molecule is C=CCOc1ccc(/C(O)=C2/C(=O)C(=O)N(CCCN3CCOCC3)C2c2ccc(F)cc2)cc1. The van der Waals surface area contributed by atoms with Crippen molar-refractivity contribution in [2.75, 3.05) is 46.0 Å². The molecule has 35 heavy (non-hydrogen) atoms. The molecular weight excluding hydrogens is 451 g/mol. The average molecular weight is 481 g/mol. The smallest absolute Gasteiger partial charge is 0.295 e. The highest BCUT2D eigenvalue weighted by Gasteiger charge is 2.45. The Morgan fingerprint density at radius 1 is 1.09 bits per heavy atom. The highest BCUT2D eigenvalue weighted by Crippen LogP contribution is 2.39. The van der Waals surface area contributed by atoms with Crippen molar-refractivity contribution < 1.29 is 28.6 Å². The number of aliphatic hydroxyl groups excluding tert-OH is 1. The van der Waals surface area contributed by atoms with E-state index in [1.165, 1.54) is 17.0 Å². The molecule has 0 aromatic heterocycles. The maximum Gasteiger partial charge on any atom is 0.295 e. The first-order chi connectivity index (χ1) is 17.0. The maximum absolute atomic E-state index is 13.6. The molecule has 2 heterocycles. The van der Waals surface area contributed by atoms with E-state index < -0.39 is 23.5 Å². The van der Waals surface area contributed by atoms with Crippen LogP contribution in [0.25, 0.3) is 5.76 Å². The Balaban J connectivity index is 1.63. The van der Waals surface area contributed by atoms with E-state index in [1.54, 1.807) is 42.5 Å². The van der Waals surface area contributed by atoms with Crippen molar-refractivity contribution in [1.82, 2.24) is 9.80 Å². The maximum atomic E-state index is 13.6. The van der Waals surface area contributed by atoms with Crippen molar-refractivity contribution in [1.29, 1.82) is 0 Å². The minimum atomic E-state index is -0.808. The normalized spacial score (nSPS) is 20.3. The summed E-state index contributed by atoms with van der Waals surface area (Å²) in [7, 11) is 0. The number of Topliss-reactive ketones (excluding diaryl/α,β-unsaturated/α-hetero) is 1. The molecule has 2 saturated heterocycles. The molecule has 4 rings (SSSR count). The lowest BCUT2D eigenvalue weighted by Gasteiger charge is -2.29. The number of morpholine rings is 1. The summed E-state index contributed by atoms with van der Waals surface area (Å²) >= 11 is 0. The van der Waals surface area contributed by atoms with Gasteiger partial charge in [0.2, 0.25) is 0 Å². The van der Waals surface area contributed by atoms with Gasteiger partial charge in [0.1, 0.15) is 23.9 Å². The van der Waals surface area contributed by atoms with Crippen LogP contribution in [0, 0.1) is 5.82 Å². The second-order valence-corrected chi connectivity index (χ2v) is 8.48. The topological polar surface area (TPSA) is 79.3 Å². The molecule has 2 aliphatic rings. The molecule has 2 aromatic rings. The number of nitrogens with zero attached hydrogens (tertiary/aromatic N) is 2. The average Bonchev–Trinajstić information content (AvgIpc) is 3.13. The van der Waals surface area contributed by atoms with Gasteiger partial charge in [-0.25, -0.2) is 4.39 Å². The van der Waals surface area contributed by atoms with Crippen LogP contribution in [0.1, 0.15) is 23.6 Å². The van der Waals surface area contributed by atoms with Gasteiger partial charge in [-0.2, -0.15) is 0 Å². The molecule has 1 unspecified atom stereocenters. The van der Waals surface area contributed by atoms with E-state index >= 15 is 0 Å². The lowest BCUT2D eigenvalue weighted by atomic mass is 9.95. The fourth-order valence-electron chi connectivity index (χ4n) is 4.41. The third-order valence-electron chi connectivity index (χ3n) is 6.20. The summed E-state index contributed by atoms with van der Waals surface area (Å²) < 4.78 is 24.5. The summed E-state index contributed by atoms with van der Waals surface area (Å²) in [5.41, 5.74) is 0.937. The monoisotopic (exact) mass is 480 g/mol. The first-order valence-corrected chi connectivity index (χ1v) is 11.7. The summed E-state index contributed by atoms with van der Waals surface area (Å²) in [6.45, 7) is 8.04. The van der Waals surface area contributed by atoms with Crippen molar-refractivity contribution in [3.8, 4) is 5.75 Å². The van der Waals surface area contributed by atoms with Gasteiger partial charge in [-0.05, 0) is 48.4 Å². The Hall–Kier alpha value is -3.49. The predicted molar refractivity (Wildman–Crippen MR) is 129 cm³/mol. The van der Waals surface area contributed by atoms with Gasteiger partial charge in [0.15, 0.2) is 0 Å². The molecule has 2 aliphatic heterocycles. The lowest BCUT2D eigenvalue weighted by Crippen LogP contribution is -2.38. The van der Waals surface area contributed by atoms with Crippen LogP contribution in [0.3, 0.4) is 0 Å². The van der Waals surface area contributed by atoms with Crippen LogP contribution in [-0.2, 0) is 14.3 Å². The largest absolute Gasteiger partial charge is 0.507 e. The molecule has 7 nitrogen and oxygen atoms in total. The molecule has 1 atom stereocenters. The Morgan fingerprint density at radius 2 is 1.77 bits per heavy atom. The van der Waals surface area contributed by atoms with Crippen molar-refractivity contribution >= 4 is 17.4 Å². The third kappa shape index (κ3) is 5.61. The van der Waals surface area contributed by atoms with E-state index in [1.807, 2.05) is 0 Å².